The highest BCUT2D eigenvalue weighted by atomic mass is 32.2. The lowest BCUT2D eigenvalue weighted by Crippen LogP contribution is -2.34. The van der Waals surface area contributed by atoms with Crippen LogP contribution in [-0.2, 0) is 28.6 Å². The summed E-state index contributed by atoms with van der Waals surface area (Å²) in [5.74, 6) is -2.25. The minimum atomic E-state index is -1.01. The largest absolute Gasteiger partial charge is 0.463 e. The van der Waals surface area contributed by atoms with Crippen LogP contribution in [0.5, 0.6) is 0 Å². The Labute approximate surface area is 216 Å². The second-order valence-corrected chi connectivity index (χ2v) is 8.67. The number of non-ortho nitro benzene ring substituents is 1. The van der Waals surface area contributed by atoms with Crippen LogP contribution in [0.15, 0.2) is 65.5 Å². The fraction of sp³-hybridized carbons (Fsp3) is 0.333. The first-order valence-electron chi connectivity index (χ1n) is 11.3. The molecule has 2 unspecified atom stereocenters. The molecule has 1 aliphatic rings. The second-order valence-electron chi connectivity index (χ2n) is 7.64. The molecule has 13 heteroatoms. The number of thioether (sulfide) groups is 1. The first-order valence-corrected chi connectivity index (χ1v) is 12.3. The van der Waals surface area contributed by atoms with Crippen LogP contribution in [0, 0.1) is 10.1 Å². The number of imidazole rings is 1. The number of esters is 2. The van der Waals surface area contributed by atoms with E-state index in [2.05, 4.69) is 10.3 Å². The van der Waals surface area contributed by atoms with Gasteiger partial charge in [0, 0.05) is 41.7 Å². The molecule has 37 heavy (non-hydrogen) atoms. The number of nitro benzene ring substituents is 1. The number of nitrogens with zero attached hydrogens (tertiary/aromatic N) is 3. The monoisotopic (exact) mass is 530 g/mol. The van der Waals surface area contributed by atoms with E-state index in [1.807, 2.05) is 0 Å². The van der Waals surface area contributed by atoms with Gasteiger partial charge in [-0.05, 0) is 26.3 Å². The highest BCUT2D eigenvalue weighted by Crippen LogP contribution is 2.41. The number of nitro groups is 1. The quantitative estimate of drug-likeness (QED) is 0.107. The molecule has 2 heterocycles. The maximum Gasteiger partial charge on any atom is 0.336 e. The molecule has 196 valence electrons. The Morgan fingerprint density at radius 2 is 1.95 bits per heavy atom. The number of ether oxygens (including phenoxy) is 3. The molecule has 0 aliphatic carbocycles. The third-order valence-corrected chi connectivity index (χ3v) is 6.46. The average molecular weight is 531 g/mol. The normalized spacial score (nSPS) is 16.0. The zero-order valence-electron chi connectivity index (χ0n) is 20.4. The van der Waals surface area contributed by atoms with Gasteiger partial charge in [-0.3, -0.25) is 19.5 Å². The smallest absolute Gasteiger partial charge is 0.336 e. The van der Waals surface area contributed by atoms with E-state index in [1.54, 1.807) is 37.6 Å². The van der Waals surface area contributed by atoms with E-state index in [0.29, 0.717) is 23.4 Å². The van der Waals surface area contributed by atoms with Crippen LogP contribution >= 0.6 is 11.8 Å². The highest BCUT2D eigenvalue weighted by molar-refractivity contribution is 7.99. The molecule has 1 aromatic heterocycles. The molecule has 1 aliphatic heterocycles. The maximum absolute atomic E-state index is 13.3. The summed E-state index contributed by atoms with van der Waals surface area (Å²) in [6.07, 6.45) is 4.62. The summed E-state index contributed by atoms with van der Waals surface area (Å²) in [7, 11) is 0. The van der Waals surface area contributed by atoms with Gasteiger partial charge in [-0.2, -0.15) is 0 Å². The minimum absolute atomic E-state index is 0.0633. The molecule has 1 aromatic carbocycles. The van der Waals surface area contributed by atoms with Gasteiger partial charge in [0.2, 0.25) is 5.56 Å². The Hall–Kier alpha value is -4.13. The lowest BCUT2D eigenvalue weighted by atomic mass is 9.80. The van der Waals surface area contributed by atoms with Gasteiger partial charge in [-0.1, -0.05) is 23.9 Å². The fourth-order valence-electron chi connectivity index (χ4n) is 3.88. The number of hydrogen-bond donors (Lipinski definition) is 1. The number of rotatable bonds is 12. The van der Waals surface area contributed by atoms with Crippen molar-refractivity contribution in [3.63, 3.8) is 0 Å². The lowest BCUT2D eigenvalue weighted by molar-refractivity contribution is -0.384. The van der Waals surface area contributed by atoms with Gasteiger partial charge >= 0.3 is 11.9 Å². The van der Waals surface area contributed by atoms with Crippen LogP contribution in [-0.4, -0.2) is 51.9 Å². The molecule has 0 saturated heterocycles. The van der Waals surface area contributed by atoms with Crippen molar-refractivity contribution < 1.29 is 33.5 Å². The molecule has 3 rings (SSSR count). The van der Waals surface area contributed by atoms with Crippen LogP contribution in [0.3, 0.4) is 0 Å². The van der Waals surface area contributed by atoms with Gasteiger partial charge in [0.25, 0.3) is 12.2 Å². The van der Waals surface area contributed by atoms with Gasteiger partial charge in [-0.25, -0.2) is 14.6 Å². The molecular weight excluding hydrogens is 504 g/mol. The van der Waals surface area contributed by atoms with E-state index >= 15 is 0 Å². The first-order chi connectivity index (χ1) is 17.8. The Morgan fingerprint density at radius 1 is 1.24 bits per heavy atom. The molecule has 0 amide bonds. The topological polar surface area (TPSA) is 152 Å². The third kappa shape index (κ3) is 6.36. The van der Waals surface area contributed by atoms with Gasteiger partial charge in [0.05, 0.1) is 41.5 Å². The molecule has 2 aromatic rings. The number of aromatic nitrogens is 2. The molecule has 2 atom stereocenters. The van der Waals surface area contributed by atoms with Gasteiger partial charge in [0.1, 0.15) is 0 Å². The summed E-state index contributed by atoms with van der Waals surface area (Å²) >= 11 is 1.17. The molecule has 0 bridgehead atoms. The molecular formula is C24H26N4O8S. The number of nitrogens with one attached hydrogen (secondary N) is 1. The van der Waals surface area contributed by atoms with Crippen LogP contribution < -0.4 is 5.32 Å². The standard InChI is InChI=1S/C24H26N4O8S/c1-4-34-22(30)19-15(3)26-18(12-37-24(36-14-29)27-10-9-25-13-27)21(23(31)35-5-2)20(19)16-7-6-8-17(11-16)28(32)33/h6-11,13-14,20,24,26H,4-5,12H2,1-3H3. The van der Waals surface area contributed by atoms with Gasteiger partial charge in [-0.15, -0.1) is 0 Å². The van der Waals surface area contributed by atoms with Crippen molar-refractivity contribution in [2.45, 2.75) is 32.2 Å². The fourth-order valence-corrected chi connectivity index (χ4v) is 4.84. The number of allylic oxidation sites excluding steroid dienone is 1. The van der Waals surface area contributed by atoms with E-state index in [4.69, 9.17) is 14.2 Å². The predicted octanol–water partition coefficient (Wildman–Crippen LogP) is 3.19. The summed E-state index contributed by atoms with van der Waals surface area (Å²) in [5.41, 5.74) is 0.395. The van der Waals surface area contributed by atoms with Crippen molar-refractivity contribution in [3.8, 4) is 0 Å². The second kappa shape index (κ2) is 12.7. The number of carbonyl (C=O) groups is 3. The average Bonchev–Trinajstić information content (AvgIpc) is 3.41. The Morgan fingerprint density at radius 3 is 2.54 bits per heavy atom. The van der Waals surface area contributed by atoms with Crippen molar-refractivity contribution in [1.82, 2.24) is 14.9 Å². The molecule has 0 fully saturated rings. The number of carbonyl (C=O) groups excluding carboxylic acids is 3. The molecule has 0 radical (unpaired) electrons. The maximum atomic E-state index is 13.3. The summed E-state index contributed by atoms with van der Waals surface area (Å²) in [6, 6.07) is 5.72. The molecule has 1 N–H and O–H groups in total. The van der Waals surface area contributed by atoms with Crippen molar-refractivity contribution in [1.29, 1.82) is 0 Å². The number of dihydropyridines is 1. The van der Waals surface area contributed by atoms with E-state index in [0.717, 1.165) is 0 Å². The Bertz CT molecular complexity index is 1230. The van der Waals surface area contributed by atoms with E-state index in [-0.39, 0.29) is 35.8 Å². The Kier molecular flexibility index (Phi) is 9.44. The van der Waals surface area contributed by atoms with Crippen molar-refractivity contribution in [2.75, 3.05) is 19.0 Å². The molecule has 0 saturated carbocycles. The zero-order chi connectivity index (χ0) is 26.9. The number of benzene rings is 1. The summed E-state index contributed by atoms with van der Waals surface area (Å²) in [6.45, 7) is 5.41. The van der Waals surface area contributed by atoms with Crippen molar-refractivity contribution >= 4 is 35.9 Å². The van der Waals surface area contributed by atoms with Crippen molar-refractivity contribution in [2.24, 2.45) is 0 Å². The van der Waals surface area contributed by atoms with E-state index < -0.39 is 28.3 Å². The third-order valence-electron chi connectivity index (χ3n) is 5.36. The minimum Gasteiger partial charge on any atom is -0.463 e. The Balaban J connectivity index is 2.14. The first kappa shape index (κ1) is 27.5. The lowest BCUT2D eigenvalue weighted by Gasteiger charge is -2.31. The summed E-state index contributed by atoms with van der Waals surface area (Å²) < 4.78 is 17.3. The molecule has 12 nitrogen and oxygen atoms in total. The summed E-state index contributed by atoms with van der Waals surface area (Å²) in [4.78, 5) is 52.3. The van der Waals surface area contributed by atoms with E-state index in [1.165, 1.54) is 42.5 Å². The van der Waals surface area contributed by atoms with Crippen molar-refractivity contribution in [3.05, 3.63) is 81.2 Å². The van der Waals surface area contributed by atoms with Gasteiger partial charge < -0.3 is 19.5 Å². The SMILES string of the molecule is CCOC(=O)C1=C(C)NC(CSC(OC=O)n2ccnc2)=C(C(=O)OCC)C1c1cccc([N+](=O)[O-])c1. The van der Waals surface area contributed by atoms with Crippen LogP contribution in [0.25, 0.3) is 0 Å². The summed E-state index contributed by atoms with van der Waals surface area (Å²) in [5, 5.41) is 14.6. The van der Waals surface area contributed by atoms with Crippen LogP contribution in [0.2, 0.25) is 0 Å². The predicted molar refractivity (Wildman–Crippen MR) is 133 cm³/mol. The van der Waals surface area contributed by atoms with Crippen LogP contribution in [0.4, 0.5) is 5.69 Å². The van der Waals surface area contributed by atoms with Gasteiger partial charge in [0.15, 0.2) is 0 Å². The van der Waals surface area contributed by atoms with Crippen LogP contribution in [0.1, 0.15) is 37.8 Å². The zero-order valence-corrected chi connectivity index (χ0v) is 21.2. The van der Waals surface area contributed by atoms with E-state index in [9.17, 15) is 24.5 Å². The number of hydrogen-bond acceptors (Lipinski definition) is 11. The molecule has 0 spiro atoms. The highest BCUT2D eigenvalue weighted by Gasteiger charge is 2.39.